The van der Waals surface area contributed by atoms with Crippen molar-refractivity contribution in [3.05, 3.63) is 82.3 Å². The molecule has 0 unspecified atom stereocenters. The fourth-order valence-corrected chi connectivity index (χ4v) is 2.61. The topological polar surface area (TPSA) is 74.2 Å². The van der Waals surface area contributed by atoms with Gasteiger partial charge in [0.2, 0.25) is 0 Å². The van der Waals surface area contributed by atoms with E-state index in [1.807, 2.05) is 6.07 Å². The van der Waals surface area contributed by atoms with Crippen LogP contribution in [0.3, 0.4) is 0 Å². The first-order valence-electron chi connectivity index (χ1n) is 7.48. The summed E-state index contributed by atoms with van der Waals surface area (Å²) in [6.45, 7) is 0. The SMILES string of the molecule is N#C/C(=C/c1ccc(-c2cc(C(=O)O)ccc2Cl)o1)c1cccc(F)c1. The first-order chi connectivity index (χ1) is 12.5. The first kappa shape index (κ1) is 17.5. The molecule has 128 valence electrons. The number of carbonyl (C=O) groups is 1. The molecule has 0 aliphatic heterocycles. The van der Waals surface area contributed by atoms with Gasteiger partial charge in [-0.15, -0.1) is 0 Å². The molecule has 0 atom stereocenters. The van der Waals surface area contributed by atoms with Crippen LogP contribution < -0.4 is 0 Å². The van der Waals surface area contributed by atoms with Crippen LogP contribution in [0, 0.1) is 17.1 Å². The molecule has 1 aromatic heterocycles. The van der Waals surface area contributed by atoms with Gasteiger partial charge in [-0.05, 0) is 54.1 Å². The summed E-state index contributed by atoms with van der Waals surface area (Å²) >= 11 is 6.13. The molecule has 0 saturated carbocycles. The maximum atomic E-state index is 13.4. The molecule has 0 amide bonds. The Labute approximate surface area is 153 Å². The lowest BCUT2D eigenvalue weighted by atomic mass is 10.1. The summed E-state index contributed by atoms with van der Waals surface area (Å²) in [5.74, 6) is -0.799. The van der Waals surface area contributed by atoms with E-state index in [2.05, 4.69) is 0 Å². The van der Waals surface area contributed by atoms with Crippen molar-refractivity contribution in [2.45, 2.75) is 0 Å². The number of carboxylic acids is 1. The fraction of sp³-hybridized carbons (Fsp3) is 0. The number of hydrogen-bond acceptors (Lipinski definition) is 3. The van der Waals surface area contributed by atoms with Crippen molar-refractivity contribution in [2.24, 2.45) is 0 Å². The number of allylic oxidation sites excluding steroid dienone is 1. The first-order valence-corrected chi connectivity index (χ1v) is 7.86. The van der Waals surface area contributed by atoms with Crippen molar-refractivity contribution >= 4 is 29.2 Å². The summed E-state index contributed by atoms with van der Waals surface area (Å²) in [5, 5.41) is 18.8. The fourth-order valence-electron chi connectivity index (χ4n) is 2.40. The van der Waals surface area contributed by atoms with Gasteiger partial charge in [-0.3, -0.25) is 0 Å². The van der Waals surface area contributed by atoms with Crippen LogP contribution in [-0.2, 0) is 0 Å². The molecule has 1 heterocycles. The van der Waals surface area contributed by atoms with E-state index in [0.717, 1.165) is 0 Å². The van der Waals surface area contributed by atoms with Gasteiger partial charge in [0.25, 0.3) is 0 Å². The van der Waals surface area contributed by atoms with E-state index in [-0.39, 0.29) is 11.1 Å². The van der Waals surface area contributed by atoms with Crippen LogP contribution in [0.4, 0.5) is 4.39 Å². The monoisotopic (exact) mass is 367 g/mol. The minimum Gasteiger partial charge on any atom is -0.478 e. The summed E-state index contributed by atoms with van der Waals surface area (Å²) < 4.78 is 19.0. The molecule has 3 aromatic rings. The molecule has 0 saturated heterocycles. The van der Waals surface area contributed by atoms with Crippen LogP contribution in [0.25, 0.3) is 23.0 Å². The molecule has 0 aliphatic carbocycles. The molecule has 0 aliphatic rings. The Bertz CT molecular complexity index is 1060. The molecule has 26 heavy (non-hydrogen) atoms. The Morgan fingerprint density at radius 1 is 1.15 bits per heavy atom. The number of nitrogens with zero attached hydrogens (tertiary/aromatic N) is 1. The molecule has 2 aromatic carbocycles. The highest BCUT2D eigenvalue weighted by atomic mass is 35.5. The highest BCUT2D eigenvalue weighted by Gasteiger charge is 2.13. The van der Waals surface area contributed by atoms with Crippen LogP contribution in [0.1, 0.15) is 21.7 Å². The molecule has 0 spiro atoms. The quantitative estimate of drug-likeness (QED) is 0.618. The van der Waals surface area contributed by atoms with Crippen molar-refractivity contribution in [1.82, 2.24) is 0 Å². The smallest absolute Gasteiger partial charge is 0.335 e. The number of aromatic carboxylic acids is 1. The number of furan rings is 1. The summed E-state index contributed by atoms with van der Waals surface area (Å²) in [4.78, 5) is 11.1. The molecular formula is C20H11ClFNO3. The number of benzene rings is 2. The van der Waals surface area contributed by atoms with E-state index in [1.54, 1.807) is 18.2 Å². The molecule has 0 fully saturated rings. The lowest BCUT2D eigenvalue weighted by Crippen LogP contribution is -1.96. The van der Waals surface area contributed by atoms with Gasteiger partial charge in [0.05, 0.1) is 22.2 Å². The maximum Gasteiger partial charge on any atom is 0.335 e. The molecule has 1 N–H and O–H groups in total. The van der Waals surface area contributed by atoms with E-state index in [4.69, 9.17) is 21.1 Å². The van der Waals surface area contributed by atoms with Gasteiger partial charge in [0, 0.05) is 5.56 Å². The van der Waals surface area contributed by atoms with Gasteiger partial charge in [-0.1, -0.05) is 23.7 Å². The van der Waals surface area contributed by atoms with Crippen molar-refractivity contribution in [1.29, 1.82) is 5.26 Å². The summed E-state index contributed by atoms with van der Waals surface area (Å²) in [7, 11) is 0. The number of rotatable bonds is 4. The van der Waals surface area contributed by atoms with Gasteiger partial charge in [0.1, 0.15) is 17.3 Å². The average molecular weight is 368 g/mol. The van der Waals surface area contributed by atoms with Crippen molar-refractivity contribution in [2.75, 3.05) is 0 Å². The normalized spacial score (nSPS) is 11.2. The largest absolute Gasteiger partial charge is 0.478 e. The van der Waals surface area contributed by atoms with Crippen LogP contribution in [-0.4, -0.2) is 11.1 Å². The Hall–Kier alpha value is -3.36. The van der Waals surface area contributed by atoms with Crippen LogP contribution in [0.2, 0.25) is 5.02 Å². The Morgan fingerprint density at radius 2 is 1.96 bits per heavy atom. The molecule has 3 rings (SSSR count). The minimum absolute atomic E-state index is 0.0790. The second-order valence-electron chi connectivity index (χ2n) is 5.38. The van der Waals surface area contributed by atoms with Crippen molar-refractivity contribution < 1.29 is 18.7 Å². The molecular weight excluding hydrogens is 357 g/mol. The standard InChI is InChI=1S/C20H11ClFNO3/c21-18-6-4-13(20(24)25)10-17(18)19-7-5-16(26-19)9-14(11-23)12-2-1-3-15(22)8-12/h1-10H,(H,24,25)/b14-9-. The number of nitriles is 1. The van der Waals surface area contributed by atoms with E-state index >= 15 is 0 Å². The Kier molecular flexibility index (Phi) is 4.87. The minimum atomic E-state index is -1.08. The van der Waals surface area contributed by atoms with Gasteiger partial charge < -0.3 is 9.52 Å². The average Bonchev–Trinajstić information content (AvgIpc) is 3.08. The Morgan fingerprint density at radius 3 is 2.65 bits per heavy atom. The van der Waals surface area contributed by atoms with Crippen molar-refractivity contribution in [3.8, 4) is 17.4 Å². The van der Waals surface area contributed by atoms with Gasteiger partial charge in [-0.2, -0.15) is 5.26 Å². The molecule has 4 nitrogen and oxygen atoms in total. The third-order valence-corrected chi connectivity index (χ3v) is 3.98. The zero-order valence-corrected chi connectivity index (χ0v) is 14.0. The van der Waals surface area contributed by atoms with Crippen LogP contribution in [0.15, 0.2) is 59.0 Å². The summed E-state index contributed by atoms with van der Waals surface area (Å²) in [6.07, 6.45) is 1.48. The Balaban J connectivity index is 1.99. The summed E-state index contributed by atoms with van der Waals surface area (Å²) in [6, 6.07) is 15.2. The predicted molar refractivity (Wildman–Crippen MR) is 96.0 cm³/mol. The molecule has 6 heteroatoms. The molecule has 0 radical (unpaired) electrons. The van der Waals surface area contributed by atoms with Crippen LogP contribution in [0.5, 0.6) is 0 Å². The number of hydrogen-bond donors (Lipinski definition) is 1. The number of halogens is 2. The van der Waals surface area contributed by atoms with Crippen LogP contribution >= 0.6 is 11.6 Å². The lowest BCUT2D eigenvalue weighted by molar-refractivity contribution is 0.0697. The second-order valence-corrected chi connectivity index (χ2v) is 5.79. The maximum absolute atomic E-state index is 13.4. The highest BCUT2D eigenvalue weighted by Crippen LogP contribution is 2.31. The lowest BCUT2D eigenvalue weighted by Gasteiger charge is -2.03. The molecule has 0 bridgehead atoms. The predicted octanol–water partition coefficient (Wildman–Crippen LogP) is 5.50. The van der Waals surface area contributed by atoms with E-state index in [9.17, 15) is 14.4 Å². The van der Waals surface area contributed by atoms with E-state index in [1.165, 1.54) is 42.5 Å². The third kappa shape index (κ3) is 3.66. The van der Waals surface area contributed by atoms with E-state index < -0.39 is 11.8 Å². The second kappa shape index (κ2) is 7.26. The third-order valence-electron chi connectivity index (χ3n) is 3.65. The van der Waals surface area contributed by atoms with Gasteiger partial charge in [-0.25, -0.2) is 9.18 Å². The number of carboxylic acid groups (broad SMARTS) is 1. The highest BCUT2D eigenvalue weighted by molar-refractivity contribution is 6.33. The van der Waals surface area contributed by atoms with E-state index in [0.29, 0.717) is 27.7 Å². The zero-order valence-electron chi connectivity index (χ0n) is 13.2. The van der Waals surface area contributed by atoms with Gasteiger partial charge in [0.15, 0.2) is 0 Å². The zero-order chi connectivity index (χ0) is 18.7. The van der Waals surface area contributed by atoms with Crippen molar-refractivity contribution in [3.63, 3.8) is 0 Å². The summed E-state index contributed by atoms with van der Waals surface area (Å²) in [5.41, 5.74) is 1.16. The van der Waals surface area contributed by atoms with Gasteiger partial charge >= 0.3 is 5.97 Å².